The van der Waals surface area contributed by atoms with Crippen LogP contribution in [0.5, 0.6) is 0 Å². The Balaban J connectivity index is 1.77. The first-order valence-electron chi connectivity index (χ1n) is 28.4. The van der Waals surface area contributed by atoms with Crippen molar-refractivity contribution in [1.82, 2.24) is 0 Å². The highest BCUT2D eigenvalue weighted by Gasteiger charge is 2.47. The van der Waals surface area contributed by atoms with E-state index in [1.165, 1.54) is 141 Å². The summed E-state index contributed by atoms with van der Waals surface area (Å²) in [7, 11) is 0. The Morgan fingerprint density at radius 1 is 0.451 bits per heavy atom. The number of carbonyl (C=O) groups is 2. The van der Waals surface area contributed by atoms with Gasteiger partial charge in [-0.3, -0.25) is 9.59 Å². The molecule has 2 rings (SSSR count). The molecule has 2 heterocycles. The quantitative estimate of drug-likeness (QED) is 0.0171. The minimum absolute atomic E-state index is 0.163. The van der Waals surface area contributed by atoms with Crippen LogP contribution in [-0.4, -0.2) is 142 Å². The van der Waals surface area contributed by atoms with Crippen molar-refractivity contribution in [2.45, 2.75) is 293 Å². The van der Waals surface area contributed by atoms with Gasteiger partial charge in [0.1, 0.15) is 55.4 Å². The van der Waals surface area contributed by atoms with Crippen LogP contribution in [0, 0.1) is 0 Å². The molecular formula is C56H102O15. The van der Waals surface area contributed by atoms with Gasteiger partial charge in [0.2, 0.25) is 0 Å². The predicted molar refractivity (Wildman–Crippen MR) is 275 cm³/mol. The lowest BCUT2D eigenvalue weighted by atomic mass is 9.98. The zero-order valence-electron chi connectivity index (χ0n) is 44.2. The monoisotopic (exact) mass is 1010 g/mol. The summed E-state index contributed by atoms with van der Waals surface area (Å²) < 4.78 is 33.6. The number of hydrogen-bond donors (Lipinski definition) is 7. The third-order valence-electron chi connectivity index (χ3n) is 13.7. The molecule has 7 N–H and O–H groups in total. The molecule has 416 valence electrons. The Labute approximate surface area is 428 Å². The molecule has 0 amide bonds. The predicted octanol–water partition coefficient (Wildman–Crippen LogP) is 9.11. The van der Waals surface area contributed by atoms with Gasteiger partial charge in [-0.05, 0) is 44.9 Å². The summed E-state index contributed by atoms with van der Waals surface area (Å²) in [6.07, 6.45) is 29.2. The molecule has 15 nitrogen and oxygen atoms in total. The molecule has 11 atom stereocenters. The summed E-state index contributed by atoms with van der Waals surface area (Å²) in [5.41, 5.74) is 0. The fourth-order valence-corrected chi connectivity index (χ4v) is 9.01. The number of unbranched alkanes of at least 4 members (excludes halogenated alkanes) is 27. The van der Waals surface area contributed by atoms with Gasteiger partial charge >= 0.3 is 11.9 Å². The molecular weight excluding hydrogens is 913 g/mol. The van der Waals surface area contributed by atoms with Gasteiger partial charge in [-0.2, -0.15) is 0 Å². The molecule has 15 heteroatoms. The van der Waals surface area contributed by atoms with E-state index < -0.39 is 92.7 Å². The highest BCUT2D eigenvalue weighted by molar-refractivity contribution is 5.70. The van der Waals surface area contributed by atoms with E-state index in [-0.39, 0.29) is 26.1 Å². The van der Waals surface area contributed by atoms with Crippen molar-refractivity contribution in [1.29, 1.82) is 0 Å². The molecule has 0 aromatic heterocycles. The van der Waals surface area contributed by atoms with Gasteiger partial charge in [0, 0.05) is 12.8 Å². The first kappa shape index (κ1) is 65.1. The average molecular weight is 1020 g/mol. The Kier molecular flexibility index (Phi) is 39.6. The summed E-state index contributed by atoms with van der Waals surface area (Å²) in [5.74, 6) is -0.952. The van der Waals surface area contributed by atoms with Gasteiger partial charge in [-0.15, -0.1) is 0 Å². The lowest BCUT2D eigenvalue weighted by Gasteiger charge is -2.42. The lowest BCUT2D eigenvalue weighted by molar-refractivity contribution is -0.332. The number of ether oxygens (including phenoxy) is 6. The fraction of sp³-hybridized carbons (Fsp3) is 0.893. The van der Waals surface area contributed by atoms with E-state index in [9.17, 15) is 45.3 Å². The number of aliphatic hydroxyl groups is 7. The van der Waals surface area contributed by atoms with E-state index in [0.29, 0.717) is 12.8 Å². The molecule has 0 radical (unpaired) electrons. The molecule has 2 saturated heterocycles. The van der Waals surface area contributed by atoms with Crippen LogP contribution in [0.1, 0.15) is 226 Å². The average Bonchev–Trinajstić information content (AvgIpc) is 3.36. The largest absolute Gasteiger partial charge is 0.462 e. The van der Waals surface area contributed by atoms with Gasteiger partial charge in [0.05, 0.1) is 19.8 Å². The maximum atomic E-state index is 13.1. The number of hydrogen-bond acceptors (Lipinski definition) is 15. The van der Waals surface area contributed by atoms with Crippen molar-refractivity contribution >= 4 is 11.9 Å². The second-order valence-electron chi connectivity index (χ2n) is 20.1. The summed E-state index contributed by atoms with van der Waals surface area (Å²) in [6.45, 7) is 2.59. The minimum atomic E-state index is -1.77. The van der Waals surface area contributed by atoms with Crippen LogP contribution in [0.25, 0.3) is 0 Å². The molecule has 0 aromatic rings. The summed E-state index contributed by atoms with van der Waals surface area (Å²) in [4.78, 5) is 25.8. The van der Waals surface area contributed by atoms with Crippen molar-refractivity contribution in [3.63, 3.8) is 0 Å². The van der Waals surface area contributed by atoms with Gasteiger partial charge in [0.15, 0.2) is 18.7 Å². The van der Waals surface area contributed by atoms with Crippen LogP contribution in [0.4, 0.5) is 0 Å². The van der Waals surface area contributed by atoms with Crippen LogP contribution in [0.3, 0.4) is 0 Å². The van der Waals surface area contributed by atoms with Crippen LogP contribution >= 0.6 is 0 Å². The molecule has 2 aliphatic heterocycles. The highest BCUT2D eigenvalue weighted by atomic mass is 16.7. The van der Waals surface area contributed by atoms with Crippen LogP contribution < -0.4 is 0 Å². The second-order valence-corrected chi connectivity index (χ2v) is 20.1. The smallest absolute Gasteiger partial charge is 0.306 e. The van der Waals surface area contributed by atoms with E-state index in [1.807, 2.05) is 0 Å². The van der Waals surface area contributed by atoms with Crippen LogP contribution in [0.2, 0.25) is 0 Å². The minimum Gasteiger partial charge on any atom is -0.462 e. The Hall–Kier alpha value is -2.02. The summed E-state index contributed by atoms with van der Waals surface area (Å²) in [5, 5.41) is 72.2. The SMILES string of the molecule is CCCCCCCC/C=C/C/C=C/CCCCC(=O)OC[C@H](CO[C@H]1O[C@@H](CO[C@H]2O[C@@H](CO)[C@@H](O)C(O)C2O)[C@@H](O)C(O)C1O)OC(=O)CCCCCCCCCCCCCCCCCCCCCC. The van der Waals surface area contributed by atoms with Crippen molar-refractivity contribution < 1.29 is 73.8 Å². The van der Waals surface area contributed by atoms with Gasteiger partial charge in [0.25, 0.3) is 0 Å². The zero-order chi connectivity index (χ0) is 51.7. The van der Waals surface area contributed by atoms with Gasteiger partial charge in [-0.1, -0.05) is 192 Å². The zero-order valence-corrected chi connectivity index (χ0v) is 44.2. The molecule has 2 fully saturated rings. The Bertz CT molecular complexity index is 1330. The number of allylic oxidation sites excluding steroid dienone is 4. The number of esters is 2. The normalized spacial score (nSPS) is 25.3. The van der Waals surface area contributed by atoms with E-state index >= 15 is 0 Å². The van der Waals surface area contributed by atoms with Gasteiger partial charge < -0.3 is 64.2 Å². The third kappa shape index (κ3) is 30.8. The number of rotatable bonds is 45. The van der Waals surface area contributed by atoms with Crippen molar-refractivity contribution in [3.8, 4) is 0 Å². The molecule has 0 aliphatic carbocycles. The Morgan fingerprint density at radius 3 is 1.34 bits per heavy atom. The molecule has 0 spiro atoms. The van der Waals surface area contributed by atoms with E-state index in [4.69, 9.17) is 28.4 Å². The third-order valence-corrected chi connectivity index (χ3v) is 13.7. The molecule has 71 heavy (non-hydrogen) atoms. The lowest BCUT2D eigenvalue weighted by Crippen LogP contribution is -2.61. The van der Waals surface area contributed by atoms with E-state index in [1.54, 1.807) is 0 Å². The van der Waals surface area contributed by atoms with Crippen LogP contribution in [0.15, 0.2) is 24.3 Å². The standard InChI is InChI=1S/C56H102O15/c1-3-5-7-9-11-13-15-17-19-20-21-22-23-25-27-29-31-33-35-37-39-48(59)69-44(41-66-47(58)38-36-34-32-30-28-26-24-18-16-14-12-10-8-6-4-2)42-67-55-54(65)52(63)50(61)46(71-55)43-68-56-53(64)51(62)49(60)45(40-57)70-56/h18,24,28,30,44-46,49-57,60-65H,3-17,19-23,25-27,29,31-43H2,1-2H3/b24-18+,30-28+/t44-,45+,46+,49-,50-,51?,52?,53?,54?,55+,56+/m1/s1. The maximum Gasteiger partial charge on any atom is 0.306 e. The molecule has 0 aromatic carbocycles. The Morgan fingerprint density at radius 2 is 0.845 bits per heavy atom. The van der Waals surface area contributed by atoms with Crippen molar-refractivity contribution in [2.75, 3.05) is 26.4 Å². The van der Waals surface area contributed by atoms with Gasteiger partial charge in [-0.25, -0.2) is 0 Å². The van der Waals surface area contributed by atoms with E-state index in [2.05, 4.69) is 38.2 Å². The summed E-state index contributed by atoms with van der Waals surface area (Å²) >= 11 is 0. The first-order chi connectivity index (χ1) is 34.5. The fourth-order valence-electron chi connectivity index (χ4n) is 9.01. The highest BCUT2D eigenvalue weighted by Crippen LogP contribution is 2.27. The maximum absolute atomic E-state index is 13.1. The van der Waals surface area contributed by atoms with E-state index in [0.717, 1.165) is 44.9 Å². The van der Waals surface area contributed by atoms with Crippen molar-refractivity contribution in [3.05, 3.63) is 24.3 Å². The number of aliphatic hydroxyl groups excluding tert-OH is 7. The molecule has 4 unspecified atom stereocenters. The molecule has 0 bridgehead atoms. The molecule has 0 saturated carbocycles. The number of carbonyl (C=O) groups excluding carboxylic acids is 2. The van der Waals surface area contributed by atoms with Crippen LogP contribution in [-0.2, 0) is 38.0 Å². The molecule has 2 aliphatic rings. The second kappa shape index (κ2) is 43.2. The van der Waals surface area contributed by atoms with Crippen molar-refractivity contribution in [2.24, 2.45) is 0 Å². The first-order valence-corrected chi connectivity index (χ1v) is 28.4. The topological polar surface area (TPSA) is 231 Å². The summed E-state index contributed by atoms with van der Waals surface area (Å²) in [6, 6.07) is 0.